The molecule has 1 aliphatic heterocycles. The van der Waals surface area contributed by atoms with Crippen molar-refractivity contribution in [2.75, 3.05) is 5.75 Å². The number of imidazole rings is 1. The van der Waals surface area contributed by atoms with Gasteiger partial charge in [0, 0.05) is 6.20 Å². The lowest BCUT2D eigenvalue weighted by atomic mass is 10.2. The summed E-state index contributed by atoms with van der Waals surface area (Å²) >= 11 is 6.02. The number of hydrogen-bond donors (Lipinski definition) is 0. The number of aromatic nitrogens is 2. The Morgan fingerprint density at radius 1 is 1.41 bits per heavy atom. The number of sulfone groups is 1. The number of fused-ring (bicyclic) bond motifs is 1. The highest BCUT2D eigenvalue weighted by molar-refractivity contribution is 7.91. The molecular weight excluding hydrogens is 260 g/mol. The van der Waals surface area contributed by atoms with Gasteiger partial charge in [-0.1, -0.05) is 17.7 Å². The van der Waals surface area contributed by atoms with Gasteiger partial charge in [0.15, 0.2) is 9.84 Å². The monoisotopic (exact) mass is 270 g/mol. The van der Waals surface area contributed by atoms with E-state index in [0.717, 1.165) is 0 Å². The Labute approximate surface area is 104 Å². The lowest BCUT2D eigenvalue weighted by Gasteiger charge is -2.03. The van der Waals surface area contributed by atoms with Crippen molar-refractivity contribution in [2.24, 2.45) is 0 Å². The van der Waals surface area contributed by atoms with E-state index in [0.29, 0.717) is 29.3 Å². The highest BCUT2D eigenvalue weighted by atomic mass is 35.5. The topological polar surface area (TPSA) is 51.4 Å². The molecule has 1 atom stereocenters. The zero-order valence-corrected chi connectivity index (χ0v) is 10.6. The standard InChI is InChI=1S/C11H11ClN2O2S/c12-10-4-1-5-11-13-8(7-14(10)11)9-3-2-6-17(9,15)16/h1,4-5,7,9H,2-3,6H2. The number of nitrogens with zero attached hydrogens (tertiary/aromatic N) is 2. The van der Waals surface area contributed by atoms with Crippen LogP contribution in [0.1, 0.15) is 23.8 Å². The molecular formula is C11H11ClN2O2S. The van der Waals surface area contributed by atoms with Crippen LogP contribution in [-0.2, 0) is 9.84 Å². The Balaban J connectivity index is 2.16. The Hall–Kier alpha value is -1.07. The van der Waals surface area contributed by atoms with Gasteiger partial charge >= 0.3 is 0 Å². The van der Waals surface area contributed by atoms with E-state index in [1.807, 2.05) is 6.07 Å². The summed E-state index contributed by atoms with van der Waals surface area (Å²) in [5, 5.41) is 0.0788. The second kappa shape index (κ2) is 3.71. The minimum Gasteiger partial charge on any atom is -0.290 e. The summed E-state index contributed by atoms with van der Waals surface area (Å²) in [7, 11) is -3.02. The predicted octanol–water partition coefficient (Wildman–Crippen LogP) is 2.24. The van der Waals surface area contributed by atoms with Gasteiger partial charge in [-0.3, -0.25) is 4.40 Å². The van der Waals surface area contributed by atoms with Gasteiger partial charge in [0.1, 0.15) is 16.1 Å². The molecule has 0 spiro atoms. The van der Waals surface area contributed by atoms with Crippen LogP contribution in [0.2, 0.25) is 5.15 Å². The molecule has 0 aliphatic carbocycles. The second-order valence-corrected chi connectivity index (χ2v) is 6.93. The molecule has 2 aromatic rings. The van der Waals surface area contributed by atoms with Crippen LogP contribution in [0.3, 0.4) is 0 Å². The van der Waals surface area contributed by atoms with Gasteiger partial charge in [0.05, 0.1) is 11.4 Å². The third kappa shape index (κ3) is 1.73. The zero-order valence-electron chi connectivity index (χ0n) is 9.01. The van der Waals surface area contributed by atoms with Crippen LogP contribution in [0.25, 0.3) is 5.65 Å². The molecule has 0 saturated carbocycles. The maximum Gasteiger partial charge on any atom is 0.158 e. The van der Waals surface area contributed by atoms with Gasteiger partial charge in [0.25, 0.3) is 0 Å². The van der Waals surface area contributed by atoms with E-state index < -0.39 is 15.1 Å². The molecule has 0 aromatic carbocycles. The zero-order chi connectivity index (χ0) is 12.0. The first-order valence-electron chi connectivity index (χ1n) is 5.43. The predicted molar refractivity (Wildman–Crippen MR) is 66.0 cm³/mol. The third-order valence-corrected chi connectivity index (χ3v) is 5.63. The van der Waals surface area contributed by atoms with E-state index >= 15 is 0 Å². The highest BCUT2D eigenvalue weighted by Crippen LogP contribution is 2.34. The largest absolute Gasteiger partial charge is 0.290 e. The van der Waals surface area contributed by atoms with Crippen molar-refractivity contribution in [2.45, 2.75) is 18.1 Å². The normalized spacial score (nSPS) is 23.2. The summed E-state index contributed by atoms with van der Waals surface area (Å²) in [6, 6.07) is 5.37. The minimum absolute atomic E-state index is 0.263. The first-order valence-corrected chi connectivity index (χ1v) is 7.52. The van der Waals surface area contributed by atoms with Crippen LogP contribution in [-0.4, -0.2) is 23.6 Å². The maximum atomic E-state index is 11.8. The summed E-state index contributed by atoms with van der Waals surface area (Å²) in [4.78, 5) is 4.35. The van der Waals surface area contributed by atoms with Gasteiger partial charge < -0.3 is 0 Å². The number of pyridine rings is 1. The van der Waals surface area contributed by atoms with Crippen LogP contribution in [0.4, 0.5) is 0 Å². The Kier molecular flexibility index (Phi) is 2.41. The van der Waals surface area contributed by atoms with E-state index in [1.54, 1.807) is 22.7 Å². The van der Waals surface area contributed by atoms with E-state index in [2.05, 4.69) is 4.98 Å². The Bertz CT molecular complexity index is 678. The number of hydrogen-bond acceptors (Lipinski definition) is 3. The van der Waals surface area contributed by atoms with Crippen molar-refractivity contribution in [3.63, 3.8) is 0 Å². The SMILES string of the molecule is O=S1(=O)CCCC1c1cn2c(Cl)cccc2n1. The molecule has 0 N–H and O–H groups in total. The van der Waals surface area contributed by atoms with Gasteiger partial charge in [-0.15, -0.1) is 0 Å². The molecule has 1 fully saturated rings. The molecule has 3 rings (SSSR count). The summed E-state index contributed by atoms with van der Waals surface area (Å²) in [5.41, 5.74) is 1.30. The molecule has 0 bridgehead atoms. The quantitative estimate of drug-likeness (QED) is 0.747. The van der Waals surface area contributed by atoms with Gasteiger partial charge in [0.2, 0.25) is 0 Å². The summed E-state index contributed by atoms with van der Waals surface area (Å²) < 4.78 is 25.4. The van der Waals surface area contributed by atoms with Crippen LogP contribution in [0.15, 0.2) is 24.4 Å². The van der Waals surface area contributed by atoms with Crippen molar-refractivity contribution < 1.29 is 8.42 Å². The van der Waals surface area contributed by atoms with Crippen LogP contribution in [0.5, 0.6) is 0 Å². The fourth-order valence-electron chi connectivity index (χ4n) is 2.27. The average molecular weight is 271 g/mol. The summed E-state index contributed by atoms with van der Waals surface area (Å²) in [5.74, 6) is 0.263. The molecule has 17 heavy (non-hydrogen) atoms. The molecule has 3 heterocycles. The number of halogens is 1. The van der Waals surface area contributed by atoms with E-state index in [4.69, 9.17) is 11.6 Å². The first-order chi connectivity index (χ1) is 8.08. The van der Waals surface area contributed by atoms with E-state index in [1.165, 1.54) is 0 Å². The smallest absolute Gasteiger partial charge is 0.158 e. The van der Waals surface area contributed by atoms with Crippen molar-refractivity contribution >= 4 is 27.1 Å². The van der Waals surface area contributed by atoms with Crippen molar-refractivity contribution in [3.05, 3.63) is 35.2 Å². The molecule has 1 saturated heterocycles. The van der Waals surface area contributed by atoms with Crippen LogP contribution in [0, 0.1) is 0 Å². The first kappa shape index (κ1) is 11.0. The molecule has 6 heteroatoms. The van der Waals surface area contributed by atoms with Crippen LogP contribution >= 0.6 is 11.6 Å². The second-order valence-electron chi connectivity index (χ2n) is 4.24. The molecule has 1 unspecified atom stereocenters. The fourth-order valence-corrected chi connectivity index (χ4v) is 4.34. The average Bonchev–Trinajstić information content (AvgIpc) is 2.81. The van der Waals surface area contributed by atoms with E-state index in [-0.39, 0.29) is 5.75 Å². The Morgan fingerprint density at radius 2 is 2.24 bits per heavy atom. The van der Waals surface area contributed by atoms with Crippen molar-refractivity contribution in [1.29, 1.82) is 0 Å². The summed E-state index contributed by atoms with van der Waals surface area (Å²) in [6.07, 6.45) is 3.10. The summed E-state index contributed by atoms with van der Waals surface area (Å²) in [6.45, 7) is 0. The number of rotatable bonds is 1. The van der Waals surface area contributed by atoms with Gasteiger partial charge in [-0.05, 0) is 25.0 Å². The highest BCUT2D eigenvalue weighted by Gasteiger charge is 2.34. The van der Waals surface area contributed by atoms with Crippen molar-refractivity contribution in [3.8, 4) is 0 Å². The molecule has 2 aromatic heterocycles. The molecule has 0 radical (unpaired) electrons. The maximum absolute atomic E-state index is 11.8. The van der Waals surface area contributed by atoms with Crippen molar-refractivity contribution in [1.82, 2.24) is 9.38 Å². The minimum atomic E-state index is -3.02. The molecule has 0 amide bonds. The molecule has 4 nitrogen and oxygen atoms in total. The van der Waals surface area contributed by atoms with Gasteiger partial charge in [-0.25, -0.2) is 13.4 Å². The van der Waals surface area contributed by atoms with Crippen LogP contribution < -0.4 is 0 Å². The molecule has 1 aliphatic rings. The van der Waals surface area contributed by atoms with E-state index in [9.17, 15) is 8.42 Å². The molecule has 90 valence electrons. The Morgan fingerprint density at radius 3 is 2.88 bits per heavy atom. The lowest BCUT2D eigenvalue weighted by molar-refractivity contribution is 0.591. The third-order valence-electron chi connectivity index (χ3n) is 3.12. The van der Waals surface area contributed by atoms with Gasteiger partial charge in [-0.2, -0.15) is 0 Å². The lowest BCUT2D eigenvalue weighted by Crippen LogP contribution is -2.08. The fraction of sp³-hybridized carbons (Fsp3) is 0.364.